The predicted molar refractivity (Wildman–Crippen MR) is 94.8 cm³/mol. The number of benzene rings is 2. The van der Waals surface area contributed by atoms with Gasteiger partial charge in [0.05, 0.1) is 12.0 Å². The van der Waals surface area contributed by atoms with Crippen LogP contribution < -0.4 is 9.46 Å². The van der Waals surface area contributed by atoms with Crippen molar-refractivity contribution in [3.05, 3.63) is 78.1 Å². The number of halogens is 1. The summed E-state index contributed by atoms with van der Waals surface area (Å²) in [5.41, 5.74) is 0.455. The molecule has 1 heterocycles. The van der Waals surface area contributed by atoms with Crippen molar-refractivity contribution in [2.45, 2.75) is 10.9 Å². The second kappa shape index (κ2) is 7.27. The summed E-state index contributed by atoms with van der Waals surface area (Å²) in [4.78, 5) is 4.30. The zero-order valence-electron chi connectivity index (χ0n) is 14.3. The van der Waals surface area contributed by atoms with Crippen molar-refractivity contribution in [1.82, 2.24) is 14.3 Å². The van der Waals surface area contributed by atoms with E-state index in [9.17, 15) is 12.8 Å². The van der Waals surface area contributed by atoms with Gasteiger partial charge in [0, 0.05) is 19.4 Å². The maximum absolute atomic E-state index is 13.7. The molecule has 0 aliphatic carbocycles. The first-order valence-corrected chi connectivity index (χ1v) is 9.28. The fourth-order valence-corrected chi connectivity index (χ4v) is 3.77. The minimum absolute atomic E-state index is 0.0777. The van der Waals surface area contributed by atoms with E-state index in [0.717, 1.165) is 0 Å². The predicted octanol–water partition coefficient (Wildman–Crippen LogP) is 2.64. The highest BCUT2D eigenvalue weighted by Gasteiger charge is 2.26. The highest BCUT2D eigenvalue weighted by Crippen LogP contribution is 2.24. The van der Waals surface area contributed by atoms with Gasteiger partial charge < -0.3 is 9.30 Å². The van der Waals surface area contributed by atoms with E-state index in [1.54, 1.807) is 42.2 Å². The molecule has 3 rings (SSSR count). The highest BCUT2D eigenvalue weighted by molar-refractivity contribution is 7.89. The molecule has 3 aromatic rings. The van der Waals surface area contributed by atoms with E-state index in [1.807, 2.05) is 0 Å². The van der Waals surface area contributed by atoms with Gasteiger partial charge in [0.1, 0.15) is 23.4 Å². The highest BCUT2D eigenvalue weighted by atomic mass is 32.2. The summed E-state index contributed by atoms with van der Waals surface area (Å²) in [5, 5.41) is 0. The largest absolute Gasteiger partial charge is 0.497 e. The molecular weight excluding hydrogens is 357 g/mol. The fraction of sp³-hybridized carbons (Fsp3) is 0.167. The summed E-state index contributed by atoms with van der Waals surface area (Å²) in [6.07, 6.45) is 3.26. The van der Waals surface area contributed by atoms with Gasteiger partial charge in [-0.2, -0.15) is 4.72 Å². The number of methoxy groups -OCH3 is 1. The van der Waals surface area contributed by atoms with Gasteiger partial charge >= 0.3 is 0 Å². The Morgan fingerprint density at radius 1 is 1.19 bits per heavy atom. The Morgan fingerprint density at radius 3 is 2.50 bits per heavy atom. The minimum Gasteiger partial charge on any atom is -0.497 e. The SMILES string of the molecule is COc1ccc(S(=O)(=O)NC(c2cccc(F)c2)c2nccn2C)cc1. The molecule has 0 amide bonds. The monoisotopic (exact) mass is 375 g/mol. The number of sulfonamides is 1. The molecule has 2 aromatic carbocycles. The zero-order valence-corrected chi connectivity index (χ0v) is 15.1. The van der Waals surface area contributed by atoms with Crippen LogP contribution in [0.25, 0.3) is 0 Å². The Kier molecular flexibility index (Phi) is 5.06. The van der Waals surface area contributed by atoms with Crippen LogP contribution in [-0.2, 0) is 17.1 Å². The summed E-state index contributed by atoms with van der Waals surface area (Å²) >= 11 is 0. The number of ether oxygens (including phenoxy) is 1. The second-order valence-corrected chi connectivity index (χ2v) is 7.40. The fourth-order valence-electron chi connectivity index (χ4n) is 2.59. The molecule has 136 valence electrons. The van der Waals surface area contributed by atoms with Crippen LogP contribution >= 0.6 is 0 Å². The average Bonchev–Trinajstić information content (AvgIpc) is 3.05. The lowest BCUT2D eigenvalue weighted by Gasteiger charge is -2.19. The standard InChI is InChI=1S/C18H18FN3O3S/c1-22-11-10-20-18(22)17(13-4-3-5-14(19)12-13)21-26(23,24)16-8-6-15(25-2)7-9-16/h3-12,17,21H,1-2H3. The molecule has 1 aromatic heterocycles. The van der Waals surface area contributed by atoms with E-state index >= 15 is 0 Å². The van der Waals surface area contributed by atoms with Gasteiger partial charge in [-0.05, 0) is 42.0 Å². The summed E-state index contributed by atoms with van der Waals surface area (Å²) in [7, 11) is -0.620. The topological polar surface area (TPSA) is 73.2 Å². The third kappa shape index (κ3) is 3.76. The van der Waals surface area contributed by atoms with Gasteiger partial charge in [-0.25, -0.2) is 17.8 Å². The van der Waals surface area contributed by atoms with Crippen LogP contribution in [0.2, 0.25) is 0 Å². The van der Waals surface area contributed by atoms with E-state index < -0.39 is 21.9 Å². The first kappa shape index (κ1) is 18.1. The van der Waals surface area contributed by atoms with Crippen molar-refractivity contribution in [3.8, 4) is 5.75 Å². The Bertz CT molecular complexity index is 1000. The molecule has 0 aliphatic rings. The van der Waals surface area contributed by atoms with Gasteiger partial charge in [0.15, 0.2) is 0 Å². The van der Waals surface area contributed by atoms with E-state index in [0.29, 0.717) is 17.1 Å². The smallest absolute Gasteiger partial charge is 0.241 e. The van der Waals surface area contributed by atoms with Crippen LogP contribution in [-0.4, -0.2) is 25.1 Å². The molecule has 1 atom stereocenters. The van der Waals surface area contributed by atoms with Crippen molar-refractivity contribution in [1.29, 1.82) is 0 Å². The van der Waals surface area contributed by atoms with Crippen molar-refractivity contribution in [3.63, 3.8) is 0 Å². The lowest BCUT2D eigenvalue weighted by atomic mass is 10.1. The normalized spacial score (nSPS) is 12.7. The second-order valence-electron chi connectivity index (χ2n) is 5.68. The van der Waals surface area contributed by atoms with E-state index in [-0.39, 0.29) is 4.90 Å². The number of nitrogens with zero attached hydrogens (tertiary/aromatic N) is 2. The third-order valence-electron chi connectivity index (χ3n) is 3.94. The molecule has 0 aliphatic heterocycles. The maximum Gasteiger partial charge on any atom is 0.241 e. The Morgan fingerprint density at radius 2 is 1.92 bits per heavy atom. The molecule has 0 saturated carbocycles. The Labute approximate surface area is 151 Å². The summed E-state index contributed by atoms with van der Waals surface area (Å²) in [6.45, 7) is 0. The van der Waals surface area contributed by atoms with E-state index in [2.05, 4.69) is 9.71 Å². The van der Waals surface area contributed by atoms with Crippen molar-refractivity contribution >= 4 is 10.0 Å². The molecule has 8 heteroatoms. The number of aryl methyl sites for hydroxylation is 1. The van der Waals surface area contributed by atoms with Crippen LogP contribution in [0.3, 0.4) is 0 Å². The van der Waals surface area contributed by atoms with Gasteiger partial charge in [-0.1, -0.05) is 12.1 Å². The average molecular weight is 375 g/mol. The van der Waals surface area contributed by atoms with Gasteiger partial charge in [0.2, 0.25) is 10.0 Å². The first-order chi connectivity index (χ1) is 12.4. The van der Waals surface area contributed by atoms with Crippen LogP contribution in [0.5, 0.6) is 5.75 Å². The molecule has 0 radical (unpaired) electrons. The molecule has 1 unspecified atom stereocenters. The lowest BCUT2D eigenvalue weighted by molar-refractivity contribution is 0.414. The van der Waals surface area contributed by atoms with Crippen molar-refractivity contribution < 1.29 is 17.5 Å². The molecule has 6 nitrogen and oxygen atoms in total. The molecule has 26 heavy (non-hydrogen) atoms. The van der Waals surface area contributed by atoms with Crippen LogP contribution in [0, 0.1) is 5.82 Å². The van der Waals surface area contributed by atoms with Gasteiger partial charge in [-0.3, -0.25) is 0 Å². The van der Waals surface area contributed by atoms with Crippen molar-refractivity contribution in [2.24, 2.45) is 7.05 Å². The summed E-state index contributed by atoms with van der Waals surface area (Å²) in [6, 6.07) is 11.0. The first-order valence-electron chi connectivity index (χ1n) is 7.80. The van der Waals surface area contributed by atoms with Crippen LogP contribution in [0.1, 0.15) is 17.4 Å². The number of hydrogen-bond acceptors (Lipinski definition) is 4. The van der Waals surface area contributed by atoms with Gasteiger partial charge in [-0.15, -0.1) is 0 Å². The van der Waals surface area contributed by atoms with E-state index in [1.165, 1.54) is 37.4 Å². The molecule has 0 saturated heterocycles. The summed E-state index contributed by atoms with van der Waals surface area (Å²) < 4.78 is 48.7. The van der Waals surface area contributed by atoms with Crippen LogP contribution in [0.4, 0.5) is 4.39 Å². The maximum atomic E-state index is 13.7. The zero-order chi connectivity index (χ0) is 18.7. The summed E-state index contributed by atoms with van der Waals surface area (Å²) in [5.74, 6) is 0.549. The molecule has 0 fully saturated rings. The molecule has 0 bridgehead atoms. The molecule has 0 spiro atoms. The molecular formula is C18H18FN3O3S. The number of nitrogens with one attached hydrogen (secondary N) is 1. The van der Waals surface area contributed by atoms with Gasteiger partial charge in [0.25, 0.3) is 0 Å². The van der Waals surface area contributed by atoms with E-state index in [4.69, 9.17) is 4.74 Å². The number of imidazole rings is 1. The number of hydrogen-bond donors (Lipinski definition) is 1. The molecule has 1 N–H and O–H groups in total. The quantitative estimate of drug-likeness (QED) is 0.719. The number of rotatable bonds is 6. The minimum atomic E-state index is -3.87. The third-order valence-corrected chi connectivity index (χ3v) is 5.38. The van der Waals surface area contributed by atoms with Crippen LogP contribution in [0.15, 0.2) is 65.8 Å². The van der Waals surface area contributed by atoms with Crippen molar-refractivity contribution in [2.75, 3.05) is 7.11 Å². The Balaban J connectivity index is 2.01. The Hall–Kier alpha value is -2.71. The lowest BCUT2D eigenvalue weighted by Crippen LogP contribution is -2.31. The number of aromatic nitrogens is 2.